The van der Waals surface area contributed by atoms with Crippen molar-refractivity contribution in [2.24, 2.45) is 5.92 Å². The number of alkyl halides is 1. The Morgan fingerprint density at radius 3 is 1.43 bits per heavy atom. The van der Waals surface area contributed by atoms with Crippen molar-refractivity contribution >= 4 is 27.7 Å². The second-order valence-electron chi connectivity index (χ2n) is 14.9. The molecule has 0 N–H and O–H groups in total. The van der Waals surface area contributed by atoms with Gasteiger partial charge in [-0.1, -0.05) is 133 Å². The fourth-order valence-electron chi connectivity index (χ4n) is 6.11. The number of hydrogen-bond donors (Lipinski definition) is 0. The number of aromatic nitrogens is 3. The number of terminal acetylenes is 1. The summed E-state index contributed by atoms with van der Waals surface area (Å²) in [6.45, 7) is 18.1. The van der Waals surface area contributed by atoms with Crippen molar-refractivity contribution in [3.05, 3.63) is 82.1 Å². The van der Waals surface area contributed by atoms with Crippen molar-refractivity contribution in [1.29, 1.82) is 0 Å². The zero-order valence-electron chi connectivity index (χ0n) is 36.6. The van der Waals surface area contributed by atoms with E-state index in [1.54, 1.807) is 0 Å². The molecule has 4 aliphatic rings. The van der Waals surface area contributed by atoms with Crippen LogP contribution in [0.4, 0.5) is 0 Å². The third kappa shape index (κ3) is 41.9. The van der Waals surface area contributed by atoms with Crippen LogP contribution in [-0.4, -0.2) is 37.0 Å². The molecule has 1 aromatic rings. The molecule has 12 heteroatoms. The normalized spacial score (nSPS) is 15.1. The summed E-state index contributed by atoms with van der Waals surface area (Å²) >= 11 is 5.55. The van der Waals surface area contributed by atoms with Gasteiger partial charge >= 0.3 is 63.7 Å². The Hall–Kier alpha value is 0.253. The minimum Gasteiger partial charge on any atom is -0.373 e. The molecule has 0 aliphatic heterocycles. The van der Waals surface area contributed by atoms with E-state index < -0.39 is 16.1 Å². The van der Waals surface area contributed by atoms with E-state index in [0.29, 0.717) is 11.8 Å². The molecular weight excluding hydrogens is 815 g/mol. The number of halogens is 1. The Morgan fingerprint density at radius 1 is 0.759 bits per heavy atom. The molecule has 0 bridgehead atoms. The molecule has 4 aliphatic carbocycles. The first-order valence-electron chi connectivity index (χ1n) is 18.8. The van der Waals surface area contributed by atoms with Gasteiger partial charge in [-0.25, -0.2) is 0 Å². The zero-order chi connectivity index (χ0) is 35.2. The minimum absolute atomic E-state index is 0. The molecule has 0 amide bonds. The summed E-state index contributed by atoms with van der Waals surface area (Å²) in [5, 5.41) is 8.60. The van der Waals surface area contributed by atoms with Crippen LogP contribution in [0.2, 0.25) is 38.3 Å². The quantitative estimate of drug-likeness (QED) is 0.0445. The Kier molecular flexibility index (Phi) is 63.4. The number of aryl methyl sites for hydroxylation is 1. The van der Waals surface area contributed by atoms with Crippen molar-refractivity contribution in [2.75, 3.05) is 5.88 Å². The van der Waals surface area contributed by atoms with E-state index in [0.717, 1.165) is 18.8 Å². The summed E-state index contributed by atoms with van der Waals surface area (Å²) < 4.78 is 2.03. The fraction of sp³-hybridized carbons (Fsp3) is 0.714. The van der Waals surface area contributed by atoms with Crippen LogP contribution in [0.3, 0.4) is 0 Å². The van der Waals surface area contributed by atoms with Crippen LogP contribution in [0.15, 0.2) is 30.8 Å². The van der Waals surface area contributed by atoms with E-state index in [-0.39, 0.29) is 93.4 Å². The van der Waals surface area contributed by atoms with Gasteiger partial charge in [0, 0.05) is 30.5 Å². The predicted molar refractivity (Wildman–Crippen MR) is 239 cm³/mol. The molecule has 0 spiro atoms. The molecule has 0 unspecified atom stereocenters. The Labute approximate surface area is 388 Å². The largest absolute Gasteiger partial charge is 2.00 e. The Balaban J connectivity index is -0.0000000842. The number of hydrogen-bond acceptors (Lipinski definition) is 2. The van der Waals surface area contributed by atoms with Gasteiger partial charge in [-0.05, 0) is 38.5 Å². The fourth-order valence-corrected chi connectivity index (χ4v) is 9.04. The molecule has 1 aromatic heterocycles. The molecule has 0 saturated heterocycles. The van der Waals surface area contributed by atoms with E-state index in [4.69, 9.17) is 29.1 Å². The van der Waals surface area contributed by atoms with Crippen molar-refractivity contribution in [3.8, 4) is 12.3 Å². The molecule has 1 heterocycles. The van der Waals surface area contributed by atoms with Crippen LogP contribution < -0.4 is 29.6 Å². The van der Waals surface area contributed by atoms with Crippen molar-refractivity contribution < 1.29 is 63.7 Å². The van der Waals surface area contributed by atoms with Crippen molar-refractivity contribution in [2.45, 2.75) is 179 Å². The number of rotatable bonds is 10. The van der Waals surface area contributed by atoms with E-state index in [2.05, 4.69) is 73.2 Å². The Bertz CT molecular complexity index is 972. The van der Waals surface area contributed by atoms with Crippen molar-refractivity contribution in [3.63, 3.8) is 0 Å². The van der Waals surface area contributed by atoms with Gasteiger partial charge in [0.2, 0.25) is 0 Å². The average molecular weight is 897 g/mol. The molecule has 0 atom stereocenters. The second-order valence-corrected chi connectivity index (χ2v) is 25.1. The van der Waals surface area contributed by atoms with Crippen LogP contribution in [0, 0.1) is 48.0 Å². The maximum Gasteiger partial charge on any atom is 2.00 e. The molecule has 0 radical (unpaired) electrons. The van der Waals surface area contributed by atoms with Gasteiger partial charge in [-0.3, -0.25) is 9.59 Å². The van der Waals surface area contributed by atoms with E-state index in [1.807, 2.05) is 4.68 Å². The summed E-state index contributed by atoms with van der Waals surface area (Å²) in [6, 6.07) is 2.56. The van der Waals surface area contributed by atoms with Crippen LogP contribution >= 0.6 is 11.6 Å². The maximum absolute atomic E-state index is 6.75. The third-order valence-corrected chi connectivity index (χ3v) is 15.5. The SMILES string of the molecule is C#CC1CCCC1.C1CCCC1.C1CCCC1.C=C[Si](C)(C)CCCCl.C=C[Si](C)(C)CCCn1cc(C2CCCC2)nn1.[CH3-].[CH3-].[CH3-].[CH3-].[Fe+2].[Fe+2].[N-]=[N+]=[N-].[Na+]. The van der Waals surface area contributed by atoms with Gasteiger partial charge in [0.05, 0.1) is 21.8 Å². The van der Waals surface area contributed by atoms with E-state index in [1.165, 1.54) is 145 Å². The molecule has 0 aromatic carbocycles. The van der Waals surface area contributed by atoms with E-state index in [9.17, 15) is 0 Å². The first-order chi connectivity index (χ1) is 22.6. The summed E-state index contributed by atoms with van der Waals surface area (Å²) in [5.74, 6) is 4.86. The van der Waals surface area contributed by atoms with Gasteiger partial charge in [0.25, 0.3) is 0 Å². The molecule has 6 nitrogen and oxygen atoms in total. The van der Waals surface area contributed by atoms with Crippen LogP contribution in [-0.2, 0) is 40.7 Å². The predicted octanol–water partition coefficient (Wildman–Crippen LogP) is 12.2. The van der Waals surface area contributed by atoms with Crippen LogP contribution in [0.1, 0.15) is 140 Å². The minimum atomic E-state index is -1.15. The first-order valence-corrected chi connectivity index (χ1v) is 25.9. The van der Waals surface area contributed by atoms with Gasteiger partial charge < -0.3 is 40.8 Å². The molecular formula is C42H82ClFe2N6NaSi2. The van der Waals surface area contributed by atoms with E-state index >= 15 is 0 Å². The summed E-state index contributed by atoms with van der Waals surface area (Å²) in [7, 11) is -2.17. The third-order valence-electron chi connectivity index (χ3n) is 9.69. The van der Waals surface area contributed by atoms with Crippen molar-refractivity contribution in [1.82, 2.24) is 15.0 Å². The van der Waals surface area contributed by atoms with Gasteiger partial charge in [0.15, 0.2) is 0 Å². The summed E-state index contributed by atoms with van der Waals surface area (Å²) in [4.78, 5) is 1.50. The zero-order valence-corrected chi connectivity index (χ0v) is 43.6. The average Bonchev–Trinajstić information content (AvgIpc) is 3.93. The first kappa shape index (κ1) is 71.9. The van der Waals surface area contributed by atoms with Gasteiger partial charge in [-0.15, -0.1) is 53.6 Å². The molecule has 4 saturated carbocycles. The summed E-state index contributed by atoms with van der Waals surface area (Å²) in [6.07, 6.45) is 35.3. The van der Waals surface area contributed by atoms with Gasteiger partial charge in [0.1, 0.15) is 0 Å². The molecule has 54 heavy (non-hydrogen) atoms. The smallest absolute Gasteiger partial charge is 0.373 e. The Morgan fingerprint density at radius 2 is 1.11 bits per heavy atom. The monoisotopic (exact) mass is 896 g/mol. The van der Waals surface area contributed by atoms with Gasteiger partial charge in [-0.2, -0.15) is 0 Å². The number of nitrogens with zero attached hydrogens (tertiary/aromatic N) is 6. The maximum atomic E-state index is 6.75. The standard InChI is InChI=1S/C14H25N3Si.C7H15ClSi.C7H10.2C5H10.4CH3.2Fe.N3.Na/c1-4-18(2,3)11-7-10-17-12-14(15-16-17)13-8-5-6-9-13;1-4-9(2,3)7-5-6-8;1-2-7-5-3-4-6-7;2*1-2-4-5-3-1;;;;;;;1-3-2;/h4,12-13H,1,5-11H2,2-3H3;4H,1,5-7H2,2-3H3;1,7H,3-6H2;2*1-5H2;4*1H3;;;;/q;;;;;4*-1;2*+2;-1;+1. The molecule has 312 valence electrons. The van der Waals surface area contributed by atoms with Crippen LogP contribution in [0.5, 0.6) is 0 Å². The molecule has 4 fully saturated rings. The van der Waals surface area contributed by atoms with Crippen LogP contribution in [0.25, 0.3) is 16.0 Å². The topological polar surface area (TPSA) is 89.4 Å². The summed E-state index contributed by atoms with van der Waals surface area (Å²) in [5.41, 5.74) is 19.0. The molecule has 5 rings (SSSR count). The second kappa shape index (κ2) is 47.6.